The number of nitrogens with one attached hydrogen (secondary N) is 1. The zero-order valence-electron chi connectivity index (χ0n) is 9.60. The minimum Gasteiger partial charge on any atom is -0.475 e. The van der Waals surface area contributed by atoms with Crippen molar-refractivity contribution in [3.05, 3.63) is 17.5 Å². The van der Waals surface area contributed by atoms with Crippen molar-refractivity contribution in [3.8, 4) is 0 Å². The van der Waals surface area contributed by atoms with Gasteiger partial charge in [0.15, 0.2) is 5.69 Å². The molecule has 7 nitrogen and oxygen atoms in total. The van der Waals surface area contributed by atoms with Gasteiger partial charge < -0.3 is 19.7 Å². The number of amides is 1. The van der Waals surface area contributed by atoms with E-state index in [9.17, 15) is 9.59 Å². The highest BCUT2D eigenvalue weighted by atomic mass is 16.5. The van der Waals surface area contributed by atoms with E-state index in [1.54, 1.807) is 7.11 Å². The molecule has 0 aliphatic rings. The van der Waals surface area contributed by atoms with Crippen molar-refractivity contribution in [2.45, 2.75) is 6.92 Å². The number of aromatic carboxylic acids is 1. The molecule has 0 fully saturated rings. The Labute approximate surface area is 97.7 Å². The van der Waals surface area contributed by atoms with Crippen LogP contribution in [0.15, 0.2) is 10.6 Å². The number of carboxylic acid groups (broad SMARTS) is 1. The molecule has 17 heavy (non-hydrogen) atoms. The Bertz CT molecular complexity index is 401. The summed E-state index contributed by atoms with van der Waals surface area (Å²) in [5.74, 6) is -1.93. The summed E-state index contributed by atoms with van der Waals surface area (Å²) in [5, 5.41) is 14.5. The quantitative estimate of drug-likeness (QED) is 0.748. The van der Waals surface area contributed by atoms with E-state index in [1.165, 1.54) is 0 Å². The molecule has 0 saturated heterocycles. The molecule has 94 valence electrons. The third kappa shape index (κ3) is 3.87. The third-order valence-electron chi connectivity index (χ3n) is 2.02. The maximum atomic E-state index is 11.5. The molecule has 2 N–H and O–H groups in total. The summed E-state index contributed by atoms with van der Waals surface area (Å²) in [6, 6.07) is 1.08. The largest absolute Gasteiger partial charge is 0.475 e. The number of carbonyl (C=O) groups is 2. The van der Waals surface area contributed by atoms with Gasteiger partial charge in [0.05, 0.1) is 6.61 Å². The molecule has 1 rings (SSSR count). The van der Waals surface area contributed by atoms with Gasteiger partial charge >= 0.3 is 5.97 Å². The Hall–Kier alpha value is -1.89. The van der Waals surface area contributed by atoms with Gasteiger partial charge in [-0.25, -0.2) is 4.79 Å². The molecule has 1 aromatic rings. The molecule has 0 bridgehead atoms. The van der Waals surface area contributed by atoms with E-state index in [4.69, 9.17) is 9.84 Å². The third-order valence-corrected chi connectivity index (χ3v) is 2.02. The SMILES string of the molecule is COCC(C)CNC(=O)c1cc(C(=O)O)on1. The first-order valence-corrected chi connectivity index (χ1v) is 5.01. The van der Waals surface area contributed by atoms with E-state index in [1.807, 2.05) is 6.92 Å². The van der Waals surface area contributed by atoms with Crippen LogP contribution in [0.25, 0.3) is 0 Å². The highest BCUT2D eigenvalue weighted by molar-refractivity contribution is 5.94. The van der Waals surface area contributed by atoms with E-state index in [0.29, 0.717) is 13.2 Å². The average molecular weight is 242 g/mol. The van der Waals surface area contributed by atoms with Crippen LogP contribution in [0.5, 0.6) is 0 Å². The normalized spacial score (nSPS) is 12.1. The summed E-state index contributed by atoms with van der Waals surface area (Å²) < 4.78 is 9.38. The van der Waals surface area contributed by atoms with Gasteiger partial charge in [0, 0.05) is 19.7 Å². The predicted octanol–water partition coefficient (Wildman–Crippen LogP) is 0.385. The second kappa shape index (κ2) is 6.00. The minimum atomic E-state index is -1.26. The molecule has 0 aliphatic heterocycles. The Morgan fingerprint density at radius 2 is 2.35 bits per heavy atom. The van der Waals surface area contributed by atoms with Crippen molar-refractivity contribution in [1.29, 1.82) is 0 Å². The van der Waals surface area contributed by atoms with E-state index in [0.717, 1.165) is 6.07 Å². The van der Waals surface area contributed by atoms with E-state index in [-0.39, 0.29) is 17.4 Å². The van der Waals surface area contributed by atoms with Crippen molar-refractivity contribution in [3.63, 3.8) is 0 Å². The topological polar surface area (TPSA) is 102 Å². The lowest BCUT2D eigenvalue weighted by Gasteiger charge is -2.09. The molecular weight excluding hydrogens is 228 g/mol. The van der Waals surface area contributed by atoms with E-state index >= 15 is 0 Å². The summed E-state index contributed by atoms with van der Waals surface area (Å²) >= 11 is 0. The zero-order chi connectivity index (χ0) is 12.8. The van der Waals surface area contributed by atoms with Crippen LogP contribution in [0.4, 0.5) is 0 Å². The second-order valence-electron chi connectivity index (χ2n) is 3.65. The van der Waals surface area contributed by atoms with Crippen LogP contribution in [0.2, 0.25) is 0 Å². The highest BCUT2D eigenvalue weighted by Gasteiger charge is 2.16. The number of methoxy groups -OCH3 is 1. The van der Waals surface area contributed by atoms with Crippen molar-refractivity contribution in [2.75, 3.05) is 20.3 Å². The summed E-state index contributed by atoms with van der Waals surface area (Å²) in [4.78, 5) is 22.0. The standard InChI is InChI=1S/C10H14N2O5/c1-6(5-16-2)4-11-9(13)7-3-8(10(14)15)17-12-7/h3,6H,4-5H2,1-2H3,(H,11,13)(H,14,15). The minimum absolute atomic E-state index is 0.0491. The van der Waals surface area contributed by atoms with Crippen LogP contribution in [0.1, 0.15) is 28.0 Å². The monoisotopic (exact) mass is 242 g/mol. The summed E-state index contributed by atoms with van der Waals surface area (Å²) in [7, 11) is 1.58. The molecule has 0 radical (unpaired) electrons. The van der Waals surface area contributed by atoms with Gasteiger partial charge in [-0.15, -0.1) is 0 Å². The van der Waals surface area contributed by atoms with Crippen molar-refractivity contribution >= 4 is 11.9 Å². The number of carbonyl (C=O) groups excluding carboxylic acids is 1. The molecule has 0 aliphatic carbocycles. The molecule has 0 saturated carbocycles. The van der Waals surface area contributed by atoms with Crippen LogP contribution in [0.3, 0.4) is 0 Å². The molecule has 7 heteroatoms. The van der Waals surface area contributed by atoms with Crippen LogP contribution < -0.4 is 5.32 Å². The van der Waals surface area contributed by atoms with Crippen molar-refractivity contribution in [2.24, 2.45) is 5.92 Å². The lowest BCUT2D eigenvalue weighted by molar-refractivity contribution is 0.0651. The Balaban J connectivity index is 2.49. The fourth-order valence-corrected chi connectivity index (χ4v) is 1.18. The van der Waals surface area contributed by atoms with Gasteiger partial charge in [0.2, 0.25) is 5.76 Å². The lowest BCUT2D eigenvalue weighted by atomic mass is 10.2. The molecule has 1 unspecified atom stereocenters. The number of ether oxygens (including phenoxy) is 1. The summed E-state index contributed by atoms with van der Waals surface area (Å²) in [6.07, 6.45) is 0. The predicted molar refractivity (Wildman–Crippen MR) is 56.8 cm³/mol. The van der Waals surface area contributed by atoms with Crippen LogP contribution in [0, 0.1) is 5.92 Å². The highest BCUT2D eigenvalue weighted by Crippen LogP contribution is 2.03. The molecule has 0 spiro atoms. The lowest BCUT2D eigenvalue weighted by Crippen LogP contribution is -2.30. The first-order valence-electron chi connectivity index (χ1n) is 5.01. The molecular formula is C10H14N2O5. The van der Waals surface area contributed by atoms with Gasteiger partial charge in [-0.1, -0.05) is 12.1 Å². The Morgan fingerprint density at radius 3 is 2.88 bits per heavy atom. The van der Waals surface area contributed by atoms with Crippen LogP contribution in [-0.4, -0.2) is 42.4 Å². The van der Waals surface area contributed by atoms with E-state index in [2.05, 4.69) is 15.0 Å². The van der Waals surface area contributed by atoms with E-state index < -0.39 is 11.9 Å². The maximum Gasteiger partial charge on any atom is 0.374 e. The number of nitrogens with zero attached hydrogens (tertiary/aromatic N) is 1. The molecule has 1 aromatic heterocycles. The Kier molecular flexibility index (Phi) is 4.65. The number of rotatable bonds is 6. The Morgan fingerprint density at radius 1 is 1.65 bits per heavy atom. The number of carboxylic acids is 1. The van der Waals surface area contributed by atoms with Gasteiger partial charge in [-0.2, -0.15) is 0 Å². The van der Waals surface area contributed by atoms with Crippen LogP contribution >= 0.6 is 0 Å². The fourth-order valence-electron chi connectivity index (χ4n) is 1.18. The number of aromatic nitrogens is 1. The number of hydrogen-bond donors (Lipinski definition) is 2. The van der Waals surface area contributed by atoms with Gasteiger partial charge in [0.1, 0.15) is 0 Å². The van der Waals surface area contributed by atoms with Gasteiger partial charge in [-0.3, -0.25) is 4.79 Å². The first-order chi connectivity index (χ1) is 8.04. The molecule has 1 heterocycles. The van der Waals surface area contributed by atoms with Crippen molar-refractivity contribution < 1.29 is 24.0 Å². The first kappa shape index (κ1) is 13.2. The summed E-state index contributed by atoms with van der Waals surface area (Å²) in [5.41, 5.74) is -0.0491. The number of hydrogen-bond acceptors (Lipinski definition) is 5. The molecule has 1 atom stereocenters. The maximum absolute atomic E-state index is 11.5. The fraction of sp³-hybridized carbons (Fsp3) is 0.500. The van der Waals surface area contributed by atoms with Crippen molar-refractivity contribution in [1.82, 2.24) is 10.5 Å². The summed E-state index contributed by atoms with van der Waals surface area (Å²) in [6.45, 7) is 2.86. The van der Waals surface area contributed by atoms with Crippen LogP contribution in [-0.2, 0) is 4.74 Å². The smallest absolute Gasteiger partial charge is 0.374 e. The zero-order valence-corrected chi connectivity index (χ0v) is 9.60. The molecule has 0 aromatic carbocycles. The van der Waals surface area contributed by atoms with Gasteiger partial charge in [0.25, 0.3) is 5.91 Å². The molecule has 1 amide bonds. The second-order valence-corrected chi connectivity index (χ2v) is 3.65. The van der Waals surface area contributed by atoms with Gasteiger partial charge in [-0.05, 0) is 5.92 Å². The average Bonchev–Trinajstić information content (AvgIpc) is 2.75.